The Hall–Kier alpha value is -2.62. The molecule has 1 heterocycles. The highest BCUT2D eigenvalue weighted by atomic mass is 19.1. The second-order valence-electron chi connectivity index (χ2n) is 4.67. The van der Waals surface area contributed by atoms with Gasteiger partial charge < -0.3 is 10.3 Å². The Morgan fingerprint density at radius 2 is 1.70 bits per heavy atom. The molecule has 0 aliphatic rings. The normalized spacial score (nSPS) is 10.9. The van der Waals surface area contributed by atoms with E-state index in [9.17, 15) is 9.18 Å². The first kappa shape index (κ1) is 12.4. The monoisotopic (exact) mass is 268 g/mol. The minimum Gasteiger partial charge on any atom is -0.384 e. The molecule has 0 aliphatic heterocycles. The van der Waals surface area contributed by atoms with Crippen molar-refractivity contribution in [3.8, 4) is 11.1 Å². The number of pyridine rings is 1. The number of nitrogens with zero attached hydrogens (tertiary/aromatic N) is 1. The average molecular weight is 268 g/mol. The van der Waals surface area contributed by atoms with Crippen LogP contribution in [-0.2, 0) is 7.05 Å². The summed E-state index contributed by atoms with van der Waals surface area (Å²) in [6, 6.07) is 13.1. The molecule has 0 bridgehead atoms. The maximum absolute atomic E-state index is 13.0. The molecule has 0 spiro atoms. The summed E-state index contributed by atoms with van der Waals surface area (Å²) < 4.78 is 14.8. The molecule has 3 nitrogen and oxygen atoms in total. The fourth-order valence-corrected chi connectivity index (χ4v) is 2.40. The van der Waals surface area contributed by atoms with Crippen LogP contribution in [0.2, 0.25) is 0 Å². The van der Waals surface area contributed by atoms with Crippen LogP contribution in [0.25, 0.3) is 22.0 Å². The number of nitrogens with two attached hydrogens (primary N) is 1. The van der Waals surface area contributed by atoms with Crippen LogP contribution < -0.4 is 11.2 Å². The minimum atomic E-state index is -0.343. The largest absolute Gasteiger partial charge is 0.384 e. The smallest absolute Gasteiger partial charge is 0.199 e. The van der Waals surface area contributed by atoms with Gasteiger partial charge >= 0.3 is 0 Å². The van der Waals surface area contributed by atoms with Crippen molar-refractivity contribution in [2.24, 2.45) is 7.05 Å². The van der Waals surface area contributed by atoms with Crippen molar-refractivity contribution in [1.29, 1.82) is 0 Å². The lowest BCUT2D eigenvalue weighted by atomic mass is 10.0. The van der Waals surface area contributed by atoms with Gasteiger partial charge in [-0.3, -0.25) is 4.79 Å². The summed E-state index contributed by atoms with van der Waals surface area (Å²) in [5.74, 6) is 0.0326. The number of benzene rings is 2. The van der Waals surface area contributed by atoms with Crippen LogP contribution in [0.1, 0.15) is 0 Å². The van der Waals surface area contributed by atoms with E-state index in [1.165, 1.54) is 12.1 Å². The first-order valence-electron chi connectivity index (χ1n) is 6.22. The average Bonchev–Trinajstić information content (AvgIpc) is 2.47. The van der Waals surface area contributed by atoms with Crippen molar-refractivity contribution in [1.82, 2.24) is 4.57 Å². The molecule has 0 atom stereocenters. The number of hydrogen-bond donors (Lipinski definition) is 1. The summed E-state index contributed by atoms with van der Waals surface area (Å²) in [5.41, 5.74) is 7.76. The van der Waals surface area contributed by atoms with E-state index in [-0.39, 0.29) is 11.2 Å². The maximum atomic E-state index is 13.0. The fraction of sp³-hybridized carbons (Fsp3) is 0.0625. The topological polar surface area (TPSA) is 48.0 Å². The van der Waals surface area contributed by atoms with Crippen LogP contribution >= 0.6 is 0 Å². The van der Waals surface area contributed by atoms with Crippen molar-refractivity contribution in [3.63, 3.8) is 0 Å². The van der Waals surface area contributed by atoms with Crippen LogP contribution in [0.4, 0.5) is 10.2 Å². The Kier molecular flexibility index (Phi) is 2.79. The van der Waals surface area contributed by atoms with E-state index in [0.717, 1.165) is 5.52 Å². The second-order valence-corrected chi connectivity index (χ2v) is 4.67. The molecule has 4 heteroatoms. The summed E-state index contributed by atoms with van der Waals surface area (Å²) in [4.78, 5) is 12.6. The van der Waals surface area contributed by atoms with Gasteiger partial charge in [0.1, 0.15) is 11.6 Å². The van der Waals surface area contributed by atoms with Crippen molar-refractivity contribution in [2.45, 2.75) is 0 Å². The summed E-state index contributed by atoms with van der Waals surface area (Å²) in [5, 5.41) is 0.600. The number of aryl methyl sites for hydroxylation is 1. The zero-order valence-corrected chi connectivity index (χ0v) is 10.9. The lowest BCUT2D eigenvalue weighted by Crippen LogP contribution is -2.15. The third-order valence-corrected chi connectivity index (χ3v) is 3.49. The Morgan fingerprint density at radius 3 is 2.40 bits per heavy atom. The van der Waals surface area contributed by atoms with E-state index in [0.29, 0.717) is 22.3 Å². The van der Waals surface area contributed by atoms with E-state index < -0.39 is 0 Å². The van der Waals surface area contributed by atoms with Gasteiger partial charge in [0.25, 0.3) is 0 Å². The van der Waals surface area contributed by atoms with Crippen molar-refractivity contribution in [2.75, 3.05) is 5.73 Å². The second kappa shape index (κ2) is 4.49. The van der Waals surface area contributed by atoms with E-state index in [4.69, 9.17) is 5.73 Å². The number of halogens is 1. The molecule has 100 valence electrons. The van der Waals surface area contributed by atoms with Gasteiger partial charge in [-0.25, -0.2) is 4.39 Å². The zero-order chi connectivity index (χ0) is 14.3. The first-order valence-corrected chi connectivity index (χ1v) is 6.22. The Balaban J connectivity index is 2.42. The molecule has 2 aromatic carbocycles. The number of rotatable bonds is 1. The summed E-state index contributed by atoms with van der Waals surface area (Å²) in [6.45, 7) is 0. The first-order chi connectivity index (χ1) is 9.59. The molecule has 2 N–H and O–H groups in total. The molecular weight excluding hydrogens is 255 g/mol. The van der Waals surface area contributed by atoms with Crippen molar-refractivity contribution >= 4 is 16.7 Å². The van der Waals surface area contributed by atoms with Gasteiger partial charge in [0.2, 0.25) is 0 Å². The lowest BCUT2D eigenvalue weighted by Gasteiger charge is -2.13. The van der Waals surface area contributed by atoms with E-state index in [2.05, 4.69) is 0 Å². The van der Waals surface area contributed by atoms with Gasteiger partial charge in [-0.2, -0.15) is 0 Å². The molecule has 0 aliphatic carbocycles. The lowest BCUT2D eigenvalue weighted by molar-refractivity contribution is 0.628. The zero-order valence-electron chi connectivity index (χ0n) is 10.9. The van der Waals surface area contributed by atoms with Gasteiger partial charge in [-0.1, -0.05) is 24.3 Å². The highest BCUT2D eigenvalue weighted by Gasteiger charge is 2.14. The van der Waals surface area contributed by atoms with Crippen LogP contribution in [0.15, 0.2) is 53.3 Å². The highest BCUT2D eigenvalue weighted by Crippen LogP contribution is 2.25. The minimum absolute atomic E-state index is 0.136. The molecule has 0 unspecified atom stereocenters. The van der Waals surface area contributed by atoms with Gasteiger partial charge in [0, 0.05) is 12.4 Å². The van der Waals surface area contributed by atoms with Gasteiger partial charge in [0.15, 0.2) is 5.43 Å². The molecular formula is C16H13FN2O. The third kappa shape index (κ3) is 1.77. The number of anilines is 1. The molecule has 3 rings (SSSR count). The Morgan fingerprint density at radius 1 is 1.05 bits per heavy atom. The van der Waals surface area contributed by atoms with Crippen molar-refractivity contribution in [3.05, 3.63) is 64.6 Å². The molecule has 0 amide bonds. The van der Waals surface area contributed by atoms with Gasteiger partial charge in [-0.15, -0.1) is 0 Å². The molecule has 0 radical (unpaired) electrons. The van der Waals surface area contributed by atoms with Crippen molar-refractivity contribution < 1.29 is 4.39 Å². The number of nitrogen functional groups attached to an aromatic ring is 1. The third-order valence-electron chi connectivity index (χ3n) is 3.49. The Bertz CT molecular complexity index is 851. The SMILES string of the molecule is Cn1c(N)c(-c2ccc(F)cc2)c(=O)c2ccccc21. The van der Waals surface area contributed by atoms with Crippen LogP contribution in [0, 0.1) is 5.82 Å². The van der Waals surface area contributed by atoms with Crippen LogP contribution in [0.3, 0.4) is 0 Å². The Labute approximate surface area is 115 Å². The van der Waals surface area contributed by atoms with E-state index in [1.807, 2.05) is 25.2 Å². The van der Waals surface area contributed by atoms with E-state index in [1.54, 1.807) is 22.8 Å². The molecule has 1 aromatic heterocycles. The predicted molar refractivity (Wildman–Crippen MR) is 79.0 cm³/mol. The van der Waals surface area contributed by atoms with Gasteiger partial charge in [0.05, 0.1) is 11.1 Å². The quantitative estimate of drug-likeness (QED) is 0.737. The van der Waals surface area contributed by atoms with Crippen LogP contribution in [0.5, 0.6) is 0 Å². The van der Waals surface area contributed by atoms with Crippen LogP contribution in [-0.4, -0.2) is 4.57 Å². The number of aromatic nitrogens is 1. The highest BCUT2D eigenvalue weighted by molar-refractivity contribution is 5.89. The summed E-state index contributed by atoms with van der Waals surface area (Å²) in [7, 11) is 1.81. The summed E-state index contributed by atoms with van der Waals surface area (Å²) in [6.07, 6.45) is 0. The number of para-hydroxylation sites is 1. The number of hydrogen-bond acceptors (Lipinski definition) is 2. The molecule has 20 heavy (non-hydrogen) atoms. The van der Waals surface area contributed by atoms with E-state index >= 15 is 0 Å². The summed E-state index contributed by atoms with van der Waals surface area (Å²) >= 11 is 0. The molecule has 0 saturated carbocycles. The molecule has 3 aromatic rings. The molecule has 0 fully saturated rings. The predicted octanol–water partition coefficient (Wildman–Crippen LogP) is 2.93. The molecule has 0 saturated heterocycles. The van der Waals surface area contributed by atoms with Gasteiger partial charge in [-0.05, 0) is 29.8 Å². The fourth-order valence-electron chi connectivity index (χ4n) is 2.40. The number of fused-ring (bicyclic) bond motifs is 1. The maximum Gasteiger partial charge on any atom is 0.199 e. The standard InChI is InChI=1S/C16H13FN2O/c1-19-13-5-3-2-4-12(13)15(20)14(16(19)18)10-6-8-11(17)9-7-10/h2-9H,18H2,1H3.